The van der Waals surface area contributed by atoms with Gasteiger partial charge in [0.05, 0.1) is 11.6 Å². The van der Waals surface area contributed by atoms with Gasteiger partial charge in [0.25, 0.3) is 11.5 Å². The first kappa shape index (κ1) is 24.1. The van der Waals surface area contributed by atoms with E-state index in [1.165, 1.54) is 10.6 Å². The van der Waals surface area contributed by atoms with Gasteiger partial charge in [0.1, 0.15) is 10.7 Å². The number of benzene rings is 1. The lowest BCUT2D eigenvalue weighted by Crippen LogP contribution is -2.35. The maximum atomic E-state index is 13.6. The lowest BCUT2D eigenvalue weighted by atomic mass is 9.94. The number of aromatic nitrogens is 4. The molecule has 2 atom stereocenters. The van der Waals surface area contributed by atoms with Crippen LogP contribution in [0, 0.1) is 6.92 Å². The zero-order valence-electron chi connectivity index (χ0n) is 20.5. The smallest absolute Gasteiger partial charge is 0.271 e. The van der Waals surface area contributed by atoms with E-state index >= 15 is 0 Å². The van der Waals surface area contributed by atoms with Crippen LogP contribution in [0.1, 0.15) is 58.5 Å². The van der Waals surface area contributed by atoms with Gasteiger partial charge in [-0.1, -0.05) is 30.3 Å². The Bertz CT molecular complexity index is 1460. The topological polar surface area (TPSA) is 120 Å². The molecule has 0 bridgehead atoms. The number of hydrogen-bond acceptors (Lipinski definition) is 8. The molecule has 0 spiro atoms. The van der Waals surface area contributed by atoms with Gasteiger partial charge < -0.3 is 19.6 Å². The standard InChI is InChI=1S/C26H28N6O3S/c1-16-15-36-23(28-16)19-10-7-11-32(19)24(34)20-12-18(13-21(33)31(20)3)22-29-30-25(35-22)26(2,27)14-17-8-5-4-6-9-17/h4-6,8-9,12-13,15,19H,7,10-11,14,27H2,1-3H3. The molecule has 4 heterocycles. The molecular formula is C26H28N6O3S. The Labute approximate surface area is 212 Å². The van der Waals surface area contributed by atoms with Crippen molar-refractivity contribution in [2.45, 2.75) is 44.7 Å². The first-order valence-corrected chi connectivity index (χ1v) is 12.7. The second-order valence-corrected chi connectivity index (χ2v) is 10.4. The van der Waals surface area contributed by atoms with Crippen LogP contribution in [0.15, 0.2) is 57.1 Å². The number of pyridine rings is 1. The average molecular weight is 505 g/mol. The molecule has 9 nitrogen and oxygen atoms in total. The van der Waals surface area contributed by atoms with Gasteiger partial charge in [-0.15, -0.1) is 21.5 Å². The van der Waals surface area contributed by atoms with Crippen LogP contribution >= 0.6 is 11.3 Å². The van der Waals surface area contributed by atoms with E-state index in [-0.39, 0.29) is 35.0 Å². The Hall–Kier alpha value is -3.63. The summed E-state index contributed by atoms with van der Waals surface area (Å²) in [5, 5.41) is 11.2. The SMILES string of the molecule is Cc1csc(C2CCCN2C(=O)c2cc(-c3nnc(C(C)(N)Cc4ccccc4)o3)cc(=O)n2C)n1. The summed E-state index contributed by atoms with van der Waals surface area (Å²) < 4.78 is 7.28. The maximum absolute atomic E-state index is 13.6. The summed E-state index contributed by atoms with van der Waals surface area (Å²) in [5.41, 5.74) is 7.91. The van der Waals surface area contributed by atoms with Crippen LogP contribution in [0.4, 0.5) is 0 Å². The fourth-order valence-electron chi connectivity index (χ4n) is 4.57. The number of nitrogens with zero attached hydrogens (tertiary/aromatic N) is 5. The minimum atomic E-state index is -0.903. The van der Waals surface area contributed by atoms with E-state index in [2.05, 4.69) is 15.2 Å². The summed E-state index contributed by atoms with van der Waals surface area (Å²) in [7, 11) is 1.59. The van der Waals surface area contributed by atoms with Gasteiger partial charge in [0, 0.05) is 36.3 Å². The summed E-state index contributed by atoms with van der Waals surface area (Å²) in [4.78, 5) is 32.8. The second-order valence-electron chi connectivity index (χ2n) is 9.50. The largest absolute Gasteiger partial charge is 0.419 e. The highest BCUT2D eigenvalue weighted by molar-refractivity contribution is 7.09. The predicted octanol–water partition coefficient (Wildman–Crippen LogP) is 3.59. The molecule has 36 heavy (non-hydrogen) atoms. The summed E-state index contributed by atoms with van der Waals surface area (Å²) in [6.45, 7) is 4.37. The highest BCUT2D eigenvalue weighted by atomic mass is 32.1. The normalized spacial score (nSPS) is 17.3. The van der Waals surface area contributed by atoms with E-state index in [9.17, 15) is 9.59 Å². The van der Waals surface area contributed by atoms with Crippen molar-refractivity contribution >= 4 is 17.2 Å². The summed E-state index contributed by atoms with van der Waals surface area (Å²) >= 11 is 1.56. The van der Waals surface area contributed by atoms with Crippen molar-refractivity contribution in [2.24, 2.45) is 12.8 Å². The van der Waals surface area contributed by atoms with Gasteiger partial charge in [-0.3, -0.25) is 9.59 Å². The predicted molar refractivity (Wildman–Crippen MR) is 137 cm³/mol. The molecule has 1 amide bonds. The molecule has 1 fully saturated rings. The van der Waals surface area contributed by atoms with Crippen LogP contribution < -0.4 is 11.3 Å². The zero-order valence-corrected chi connectivity index (χ0v) is 21.3. The Morgan fingerprint density at radius 1 is 1.25 bits per heavy atom. The van der Waals surface area contributed by atoms with Crippen LogP contribution in [-0.4, -0.2) is 37.1 Å². The number of rotatable bonds is 6. The number of carbonyl (C=O) groups is 1. The Kier molecular flexibility index (Phi) is 6.31. The zero-order chi connectivity index (χ0) is 25.4. The van der Waals surface area contributed by atoms with Crippen molar-refractivity contribution < 1.29 is 9.21 Å². The first-order valence-electron chi connectivity index (χ1n) is 11.8. The lowest BCUT2D eigenvalue weighted by molar-refractivity contribution is 0.0724. The second kappa shape index (κ2) is 9.44. The molecule has 1 aromatic carbocycles. The number of carbonyl (C=O) groups excluding carboxylic acids is 1. The van der Waals surface area contributed by atoms with Gasteiger partial charge in [-0.05, 0) is 44.7 Å². The van der Waals surface area contributed by atoms with Crippen LogP contribution in [0.25, 0.3) is 11.5 Å². The highest BCUT2D eigenvalue weighted by Crippen LogP contribution is 2.35. The van der Waals surface area contributed by atoms with Crippen molar-refractivity contribution in [3.8, 4) is 11.5 Å². The van der Waals surface area contributed by atoms with Crippen LogP contribution in [0.5, 0.6) is 0 Å². The highest BCUT2D eigenvalue weighted by Gasteiger charge is 2.34. The number of aryl methyl sites for hydroxylation is 1. The van der Waals surface area contributed by atoms with E-state index in [1.807, 2.05) is 49.6 Å². The Morgan fingerprint density at radius 2 is 2.03 bits per heavy atom. The summed E-state index contributed by atoms with van der Waals surface area (Å²) in [6, 6.07) is 12.7. The van der Waals surface area contributed by atoms with Gasteiger partial charge in [-0.25, -0.2) is 4.98 Å². The first-order chi connectivity index (χ1) is 17.2. The molecule has 0 aliphatic carbocycles. The molecule has 0 saturated carbocycles. The molecule has 3 aromatic heterocycles. The van der Waals surface area contributed by atoms with Crippen LogP contribution in [0.3, 0.4) is 0 Å². The third-order valence-corrected chi connectivity index (χ3v) is 7.56. The van der Waals surface area contributed by atoms with E-state index in [0.717, 1.165) is 29.1 Å². The molecule has 1 saturated heterocycles. The fourth-order valence-corrected chi connectivity index (χ4v) is 5.51. The van der Waals surface area contributed by atoms with Gasteiger partial charge in [-0.2, -0.15) is 0 Å². The summed E-state index contributed by atoms with van der Waals surface area (Å²) in [6.07, 6.45) is 2.23. The quantitative estimate of drug-likeness (QED) is 0.426. The average Bonchev–Trinajstić information content (AvgIpc) is 3.61. The van der Waals surface area contributed by atoms with Crippen molar-refractivity contribution in [1.29, 1.82) is 0 Å². The molecule has 2 N–H and O–H groups in total. The third kappa shape index (κ3) is 4.61. The van der Waals surface area contributed by atoms with E-state index in [1.54, 1.807) is 29.4 Å². The molecule has 2 unspecified atom stereocenters. The molecule has 0 radical (unpaired) electrons. The fraction of sp³-hybridized carbons (Fsp3) is 0.346. The number of hydrogen-bond donors (Lipinski definition) is 1. The maximum Gasteiger partial charge on any atom is 0.271 e. The van der Waals surface area contributed by atoms with Crippen molar-refractivity contribution in [2.75, 3.05) is 6.54 Å². The molecule has 186 valence electrons. The monoisotopic (exact) mass is 504 g/mol. The number of thiazole rings is 1. The van der Waals surface area contributed by atoms with E-state index in [4.69, 9.17) is 10.2 Å². The molecule has 5 rings (SSSR count). The van der Waals surface area contributed by atoms with Gasteiger partial charge >= 0.3 is 0 Å². The van der Waals surface area contributed by atoms with Crippen LogP contribution in [-0.2, 0) is 19.0 Å². The molecule has 4 aromatic rings. The Morgan fingerprint density at radius 3 is 2.75 bits per heavy atom. The number of amides is 1. The van der Waals surface area contributed by atoms with E-state index in [0.29, 0.717) is 18.5 Å². The van der Waals surface area contributed by atoms with Crippen molar-refractivity contribution in [3.63, 3.8) is 0 Å². The molecule has 1 aliphatic heterocycles. The van der Waals surface area contributed by atoms with Gasteiger partial charge in [0.2, 0.25) is 11.8 Å². The Balaban J connectivity index is 1.44. The number of nitrogens with two attached hydrogens (primary N) is 1. The number of likely N-dealkylation sites (tertiary alicyclic amines) is 1. The van der Waals surface area contributed by atoms with Gasteiger partial charge in [0.15, 0.2) is 0 Å². The lowest BCUT2D eigenvalue weighted by Gasteiger charge is -2.24. The third-order valence-electron chi connectivity index (χ3n) is 6.49. The molecule has 1 aliphatic rings. The molecular weight excluding hydrogens is 476 g/mol. The minimum absolute atomic E-state index is 0.0964. The summed E-state index contributed by atoms with van der Waals surface area (Å²) in [5.74, 6) is 0.183. The van der Waals surface area contributed by atoms with Crippen molar-refractivity contribution in [3.05, 3.63) is 86.0 Å². The molecule has 10 heteroatoms. The van der Waals surface area contributed by atoms with E-state index < -0.39 is 5.54 Å². The van der Waals surface area contributed by atoms with Crippen molar-refractivity contribution in [1.82, 2.24) is 24.6 Å². The van der Waals surface area contributed by atoms with Crippen LogP contribution in [0.2, 0.25) is 0 Å². The minimum Gasteiger partial charge on any atom is -0.419 e.